The van der Waals surface area contributed by atoms with Crippen LogP contribution in [0.1, 0.15) is 51.2 Å². The molecule has 158 valence electrons. The number of hydrogen-bond acceptors (Lipinski definition) is 3. The third-order valence-corrected chi connectivity index (χ3v) is 5.99. The SMILES string of the molecule is CC(C)(C)c1ccc(NC(=O)N2CCC3(CC2)CC(c2ccccc2F)=NO3)cc1. The second-order valence-electron chi connectivity index (χ2n) is 9.21. The zero-order valence-electron chi connectivity index (χ0n) is 17.7. The Labute approximate surface area is 176 Å². The zero-order chi connectivity index (χ0) is 21.4. The van der Waals surface area contributed by atoms with Gasteiger partial charge < -0.3 is 15.1 Å². The van der Waals surface area contributed by atoms with E-state index in [0.717, 1.165) is 5.69 Å². The van der Waals surface area contributed by atoms with E-state index >= 15 is 0 Å². The quantitative estimate of drug-likeness (QED) is 0.730. The molecule has 0 saturated carbocycles. The summed E-state index contributed by atoms with van der Waals surface area (Å²) in [6.45, 7) is 7.64. The topological polar surface area (TPSA) is 53.9 Å². The summed E-state index contributed by atoms with van der Waals surface area (Å²) >= 11 is 0. The van der Waals surface area contributed by atoms with Gasteiger partial charge in [-0.05, 0) is 29.2 Å². The van der Waals surface area contributed by atoms with E-state index in [1.54, 1.807) is 23.1 Å². The maximum Gasteiger partial charge on any atom is 0.321 e. The van der Waals surface area contributed by atoms with Crippen LogP contribution in [0.3, 0.4) is 0 Å². The molecule has 0 radical (unpaired) electrons. The lowest BCUT2D eigenvalue weighted by atomic mass is 9.85. The fourth-order valence-corrected chi connectivity index (χ4v) is 4.00. The molecule has 2 heterocycles. The Balaban J connectivity index is 1.33. The van der Waals surface area contributed by atoms with Crippen LogP contribution in [0.2, 0.25) is 0 Å². The predicted octanol–water partition coefficient (Wildman–Crippen LogP) is 5.31. The highest BCUT2D eigenvalue weighted by atomic mass is 19.1. The number of oxime groups is 1. The van der Waals surface area contributed by atoms with Crippen LogP contribution in [0, 0.1) is 5.82 Å². The average molecular weight is 410 g/mol. The third kappa shape index (κ3) is 4.18. The Morgan fingerprint density at radius 1 is 1.10 bits per heavy atom. The summed E-state index contributed by atoms with van der Waals surface area (Å²) in [7, 11) is 0. The van der Waals surface area contributed by atoms with Crippen molar-refractivity contribution in [3.63, 3.8) is 0 Å². The van der Waals surface area contributed by atoms with E-state index in [4.69, 9.17) is 4.84 Å². The molecule has 0 unspecified atom stereocenters. The molecule has 1 fully saturated rings. The summed E-state index contributed by atoms with van der Waals surface area (Å²) in [4.78, 5) is 20.2. The van der Waals surface area contributed by atoms with Crippen LogP contribution in [-0.4, -0.2) is 35.3 Å². The average Bonchev–Trinajstić information content (AvgIpc) is 3.12. The molecule has 2 aliphatic heterocycles. The fourth-order valence-electron chi connectivity index (χ4n) is 4.00. The smallest absolute Gasteiger partial charge is 0.321 e. The largest absolute Gasteiger partial charge is 0.388 e. The van der Waals surface area contributed by atoms with Gasteiger partial charge in [-0.1, -0.05) is 56.3 Å². The molecule has 1 spiro atoms. The van der Waals surface area contributed by atoms with E-state index in [2.05, 4.69) is 43.4 Å². The monoisotopic (exact) mass is 409 g/mol. The summed E-state index contributed by atoms with van der Waals surface area (Å²) in [6, 6.07) is 14.5. The van der Waals surface area contributed by atoms with Crippen molar-refractivity contribution >= 4 is 17.4 Å². The molecular weight excluding hydrogens is 381 g/mol. The maximum absolute atomic E-state index is 14.1. The van der Waals surface area contributed by atoms with Gasteiger partial charge in [0.05, 0.1) is 5.71 Å². The second kappa shape index (κ2) is 7.74. The number of nitrogens with one attached hydrogen (secondary N) is 1. The molecule has 0 aromatic heterocycles. The van der Waals surface area contributed by atoms with Gasteiger partial charge in [-0.15, -0.1) is 0 Å². The Morgan fingerprint density at radius 3 is 2.40 bits per heavy atom. The number of benzene rings is 2. The van der Waals surface area contributed by atoms with Crippen molar-refractivity contribution in [3.05, 3.63) is 65.5 Å². The van der Waals surface area contributed by atoms with Gasteiger partial charge in [0.25, 0.3) is 0 Å². The first-order chi connectivity index (χ1) is 14.3. The van der Waals surface area contributed by atoms with Crippen molar-refractivity contribution in [2.75, 3.05) is 18.4 Å². The molecule has 0 bridgehead atoms. The van der Waals surface area contributed by atoms with Crippen LogP contribution in [0.25, 0.3) is 0 Å². The highest BCUT2D eigenvalue weighted by Crippen LogP contribution is 2.36. The van der Waals surface area contributed by atoms with E-state index in [0.29, 0.717) is 43.6 Å². The van der Waals surface area contributed by atoms with E-state index < -0.39 is 5.60 Å². The lowest BCUT2D eigenvalue weighted by molar-refractivity contribution is -0.0544. The minimum atomic E-state index is -0.442. The van der Waals surface area contributed by atoms with Gasteiger partial charge in [-0.3, -0.25) is 0 Å². The minimum absolute atomic E-state index is 0.0780. The van der Waals surface area contributed by atoms with Gasteiger partial charge in [0.1, 0.15) is 11.4 Å². The second-order valence-corrected chi connectivity index (χ2v) is 9.21. The number of hydrogen-bond donors (Lipinski definition) is 1. The Bertz CT molecular complexity index is 955. The standard InChI is InChI=1S/C24H28FN3O2/c1-23(2,3)17-8-10-18(11-9-17)26-22(29)28-14-12-24(13-15-28)16-21(27-30-24)19-6-4-5-7-20(19)25/h4-11H,12-16H2,1-3H3,(H,26,29). The highest BCUT2D eigenvalue weighted by Gasteiger charge is 2.43. The maximum atomic E-state index is 14.1. The van der Waals surface area contributed by atoms with E-state index in [9.17, 15) is 9.18 Å². The van der Waals surface area contributed by atoms with Gasteiger partial charge >= 0.3 is 6.03 Å². The Kier molecular flexibility index (Phi) is 5.26. The van der Waals surface area contributed by atoms with Crippen molar-refractivity contribution in [2.24, 2.45) is 5.16 Å². The number of amides is 2. The molecule has 0 aliphatic carbocycles. The molecule has 2 amide bonds. The van der Waals surface area contributed by atoms with Gasteiger partial charge in [0, 0.05) is 43.6 Å². The van der Waals surface area contributed by atoms with Crippen molar-refractivity contribution in [3.8, 4) is 0 Å². The number of nitrogens with zero attached hydrogens (tertiary/aromatic N) is 2. The van der Waals surface area contributed by atoms with E-state index in [-0.39, 0.29) is 17.3 Å². The summed E-state index contributed by atoms with van der Waals surface area (Å²) in [5, 5.41) is 7.15. The lowest BCUT2D eigenvalue weighted by Crippen LogP contribution is -2.48. The Morgan fingerprint density at radius 2 is 1.77 bits per heavy atom. The number of likely N-dealkylation sites (tertiary alicyclic amines) is 1. The Hall–Kier alpha value is -2.89. The summed E-state index contributed by atoms with van der Waals surface area (Å²) in [5.41, 5.74) is 2.79. The first kappa shape index (κ1) is 20.4. The summed E-state index contributed by atoms with van der Waals surface area (Å²) in [6.07, 6.45) is 1.91. The zero-order valence-corrected chi connectivity index (χ0v) is 17.7. The molecular formula is C24H28FN3O2. The number of carbonyl (C=O) groups excluding carboxylic acids is 1. The summed E-state index contributed by atoms with van der Waals surface area (Å²) in [5.74, 6) is -0.286. The highest BCUT2D eigenvalue weighted by molar-refractivity contribution is 6.01. The number of urea groups is 1. The lowest BCUT2D eigenvalue weighted by Gasteiger charge is -2.37. The first-order valence-electron chi connectivity index (χ1n) is 10.4. The number of piperidine rings is 1. The van der Waals surface area contributed by atoms with Crippen molar-refractivity contribution < 1.29 is 14.0 Å². The molecule has 2 aliphatic rings. The molecule has 0 atom stereocenters. The molecule has 2 aromatic rings. The van der Waals surface area contributed by atoms with Crippen LogP contribution < -0.4 is 5.32 Å². The molecule has 1 saturated heterocycles. The summed E-state index contributed by atoms with van der Waals surface area (Å²) < 4.78 is 14.1. The molecule has 4 rings (SSSR count). The van der Waals surface area contributed by atoms with Crippen molar-refractivity contribution in [2.45, 2.75) is 51.0 Å². The molecule has 1 N–H and O–H groups in total. The number of anilines is 1. The molecule has 30 heavy (non-hydrogen) atoms. The normalized spacial score (nSPS) is 18.1. The molecule has 2 aromatic carbocycles. The van der Waals surface area contributed by atoms with Gasteiger partial charge in [0.15, 0.2) is 0 Å². The van der Waals surface area contributed by atoms with Crippen molar-refractivity contribution in [1.29, 1.82) is 0 Å². The minimum Gasteiger partial charge on any atom is -0.388 e. The van der Waals surface area contributed by atoms with Crippen molar-refractivity contribution in [1.82, 2.24) is 4.90 Å². The van der Waals surface area contributed by atoms with Gasteiger partial charge in [-0.25, -0.2) is 9.18 Å². The van der Waals surface area contributed by atoms with Gasteiger partial charge in [-0.2, -0.15) is 0 Å². The fraction of sp³-hybridized carbons (Fsp3) is 0.417. The predicted molar refractivity (Wildman–Crippen MR) is 116 cm³/mol. The van der Waals surface area contributed by atoms with Crippen LogP contribution in [-0.2, 0) is 10.3 Å². The van der Waals surface area contributed by atoms with Crippen LogP contribution in [0.15, 0.2) is 53.7 Å². The van der Waals surface area contributed by atoms with Gasteiger partial charge in [0.2, 0.25) is 0 Å². The van der Waals surface area contributed by atoms with Crippen LogP contribution in [0.4, 0.5) is 14.9 Å². The number of rotatable bonds is 2. The first-order valence-corrected chi connectivity index (χ1v) is 10.4. The molecule has 6 heteroatoms. The third-order valence-electron chi connectivity index (χ3n) is 5.99. The van der Waals surface area contributed by atoms with Crippen LogP contribution in [0.5, 0.6) is 0 Å². The number of carbonyl (C=O) groups is 1. The van der Waals surface area contributed by atoms with E-state index in [1.165, 1.54) is 11.6 Å². The van der Waals surface area contributed by atoms with Crippen LogP contribution >= 0.6 is 0 Å². The number of halogens is 1. The van der Waals surface area contributed by atoms with E-state index in [1.807, 2.05) is 12.1 Å². The molecule has 5 nitrogen and oxygen atoms in total.